The van der Waals surface area contributed by atoms with Crippen LogP contribution >= 0.6 is 23.2 Å². The average molecular weight is 228 g/mol. The van der Waals surface area contributed by atoms with E-state index >= 15 is 0 Å². The summed E-state index contributed by atoms with van der Waals surface area (Å²) in [6.45, 7) is 1.92. The monoisotopic (exact) mass is 227 g/mol. The Kier molecular flexibility index (Phi) is 2.25. The fraction of sp³-hybridized carbons (Fsp3) is 0.100. The number of aryl methyl sites for hydroxylation is 1. The molecule has 0 bridgehead atoms. The van der Waals surface area contributed by atoms with Crippen molar-refractivity contribution in [2.75, 3.05) is 0 Å². The second-order valence-electron chi connectivity index (χ2n) is 3.14. The minimum Gasteiger partial charge on any atom is -0.351 e. The van der Waals surface area contributed by atoms with E-state index in [0.717, 1.165) is 16.5 Å². The molecule has 0 spiro atoms. The Bertz CT molecular complexity index is 516. The molecule has 1 aromatic carbocycles. The lowest BCUT2D eigenvalue weighted by Gasteiger charge is -1.96. The highest BCUT2D eigenvalue weighted by Gasteiger charge is 2.08. The number of hydrogen-bond donors (Lipinski definition) is 1. The SMILES string of the molecule is Cc1cc(Cl)cc2cc(C(=O)Cl)[nH]c12. The maximum Gasteiger partial charge on any atom is 0.268 e. The van der Waals surface area contributed by atoms with E-state index in [0.29, 0.717) is 10.7 Å². The van der Waals surface area contributed by atoms with Crippen molar-refractivity contribution in [3.8, 4) is 0 Å². The summed E-state index contributed by atoms with van der Waals surface area (Å²) >= 11 is 11.2. The van der Waals surface area contributed by atoms with Crippen LogP contribution in [-0.2, 0) is 0 Å². The highest BCUT2D eigenvalue weighted by atomic mass is 35.5. The predicted molar refractivity (Wildman–Crippen MR) is 58.2 cm³/mol. The second kappa shape index (κ2) is 3.30. The lowest BCUT2D eigenvalue weighted by Crippen LogP contribution is -1.86. The summed E-state index contributed by atoms with van der Waals surface area (Å²) in [7, 11) is 0. The van der Waals surface area contributed by atoms with Crippen LogP contribution in [0.5, 0.6) is 0 Å². The molecular formula is C10H7Cl2NO. The fourth-order valence-corrected chi connectivity index (χ4v) is 1.87. The average Bonchev–Trinajstić information content (AvgIpc) is 2.47. The van der Waals surface area contributed by atoms with Gasteiger partial charge in [-0.1, -0.05) is 11.6 Å². The summed E-state index contributed by atoms with van der Waals surface area (Å²) in [5.41, 5.74) is 2.29. The number of carbonyl (C=O) groups is 1. The number of hydrogen-bond acceptors (Lipinski definition) is 1. The highest BCUT2D eigenvalue weighted by molar-refractivity contribution is 6.67. The van der Waals surface area contributed by atoms with Crippen LogP contribution in [0, 0.1) is 6.92 Å². The van der Waals surface area contributed by atoms with Gasteiger partial charge in [-0.25, -0.2) is 0 Å². The molecule has 0 saturated heterocycles. The first-order valence-corrected chi connectivity index (χ1v) is 4.82. The third kappa shape index (κ3) is 1.51. The summed E-state index contributed by atoms with van der Waals surface area (Å²) in [6, 6.07) is 5.33. The Morgan fingerprint density at radius 2 is 2.07 bits per heavy atom. The van der Waals surface area contributed by atoms with Crippen molar-refractivity contribution < 1.29 is 4.79 Å². The van der Waals surface area contributed by atoms with E-state index in [2.05, 4.69) is 4.98 Å². The quantitative estimate of drug-likeness (QED) is 0.744. The molecule has 0 atom stereocenters. The third-order valence-electron chi connectivity index (χ3n) is 2.10. The van der Waals surface area contributed by atoms with Gasteiger partial charge in [0.15, 0.2) is 0 Å². The van der Waals surface area contributed by atoms with Gasteiger partial charge in [0.2, 0.25) is 0 Å². The molecule has 14 heavy (non-hydrogen) atoms. The number of fused-ring (bicyclic) bond motifs is 1. The Labute approximate surface area is 90.8 Å². The molecule has 0 fully saturated rings. The van der Waals surface area contributed by atoms with E-state index in [9.17, 15) is 4.79 Å². The lowest BCUT2D eigenvalue weighted by molar-refractivity contribution is 0.107. The van der Waals surface area contributed by atoms with Crippen molar-refractivity contribution >= 4 is 39.3 Å². The number of aromatic nitrogens is 1. The first-order chi connectivity index (χ1) is 6.58. The first kappa shape index (κ1) is 9.56. The molecule has 0 aliphatic heterocycles. The number of halogens is 2. The molecule has 72 valence electrons. The van der Waals surface area contributed by atoms with Crippen molar-refractivity contribution in [2.45, 2.75) is 6.92 Å². The topological polar surface area (TPSA) is 32.9 Å². The maximum atomic E-state index is 10.9. The van der Waals surface area contributed by atoms with E-state index in [1.165, 1.54) is 0 Å². The molecule has 1 N–H and O–H groups in total. The molecule has 0 unspecified atom stereocenters. The number of carbonyl (C=O) groups excluding carboxylic acids is 1. The summed E-state index contributed by atoms with van der Waals surface area (Å²) in [5.74, 6) is 0. The molecule has 0 aliphatic carbocycles. The zero-order valence-electron chi connectivity index (χ0n) is 7.40. The van der Waals surface area contributed by atoms with Crippen molar-refractivity contribution in [1.82, 2.24) is 4.98 Å². The van der Waals surface area contributed by atoms with Crippen LogP contribution in [0.2, 0.25) is 5.02 Å². The largest absolute Gasteiger partial charge is 0.351 e. The van der Waals surface area contributed by atoms with Crippen LogP contribution < -0.4 is 0 Å². The first-order valence-electron chi connectivity index (χ1n) is 4.06. The summed E-state index contributed by atoms with van der Waals surface area (Å²) < 4.78 is 0. The van der Waals surface area contributed by atoms with E-state index in [1.54, 1.807) is 12.1 Å². The fourth-order valence-electron chi connectivity index (χ4n) is 1.49. The molecule has 4 heteroatoms. The van der Waals surface area contributed by atoms with Crippen molar-refractivity contribution in [2.24, 2.45) is 0 Å². The molecule has 0 aliphatic rings. The van der Waals surface area contributed by atoms with Crippen LogP contribution in [0.25, 0.3) is 10.9 Å². The van der Waals surface area contributed by atoms with Crippen LogP contribution in [0.1, 0.15) is 16.1 Å². The maximum absolute atomic E-state index is 10.9. The van der Waals surface area contributed by atoms with Gasteiger partial charge < -0.3 is 4.98 Å². The number of rotatable bonds is 1. The van der Waals surface area contributed by atoms with E-state index in [1.807, 2.05) is 13.0 Å². The molecule has 0 saturated carbocycles. The normalized spacial score (nSPS) is 10.8. The van der Waals surface area contributed by atoms with Crippen LogP contribution in [0.4, 0.5) is 0 Å². The van der Waals surface area contributed by atoms with Crippen molar-refractivity contribution in [3.63, 3.8) is 0 Å². The predicted octanol–water partition coefficient (Wildman–Crippen LogP) is 3.51. The van der Waals surface area contributed by atoms with Crippen LogP contribution in [0.15, 0.2) is 18.2 Å². The van der Waals surface area contributed by atoms with Gasteiger partial charge in [-0.2, -0.15) is 0 Å². The van der Waals surface area contributed by atoms with E-state index < -0.39 is 5.24 Å². The number of aromatic amines is 1. The standard InChI is InChI=1S/C10H7Cl2NO/c1-5-2-7(11)3-6-4-8(10(12)14)13-9(5)6/h2-4,13H,1H3. The van der Waals surface area contributed by atoms with E-state index in [-0.39, 0.29) is 0 Å². The van der Waals surface area contributed by atoms with Crippen LogP contribution in [-0.4, -0.2) is 10.2 Å². The summed E-state index contributed by atoms with van der Waals surface area (Å²) in [4.78, 5) is 13.9. The number of benzene rings is 1. The zero-order valence-corrected chi connectivity index (χ0v) is 8.91. The highest BCUT2D eigenvalue weighted by Crippen LogP contribution is 2.24. The zero-order chi connectivity index (χ0) is 10.3. The summed E-state index contributed by atoms with van der Waals surface area (Å²) in [6.07, 6.45) is 0. The molecule has 2 rings (SSSR count). The van der Waals surface area contributed by atoms with Gasteiger partial charge in [-0.15, -0.1) is 0 Å². The summed E-state index contributed by atoms with van der Waals surface area (Å²) in [5, 5.41) is 1.07. The second-order valence-corrected chi connectivity index (χ2v) is 3.92. The molecule has 1 heterocycles. The Hall–Kier alpha value is -0.990. The molecule has 0 radical (unpaired) electrons. The molecule has 2 aromatic rings. The van der Waals surface area contributed by atoms with Gasteiger partial charge in [-0.3, -0.25) is 4.79 Å². The van der Waals surface area contributed by atoms with Gasteiger partial charge in [0.1, 0.15) is 0 Å². The van der Waals surface area contributed by atoms with Crippen molar-refractivity contribution in [1.29, 1.82) is 0 Å². The number of H-pyrrole nitrogens is 1. The lowest BCUT2D eigenvalue weighted by atomic mass is 10.2. The minimum atomic E-state index is -0.489. The Balaban J connectivity index is 2.76. The smallest absolute Gasteiger partial charge is 0.268 e. The Morgan fingerprint density at radius 3 is 2.71 bits per heavy atom. The van der Waals surface area contributed by atoms with Crippen molar-refractivity contribution in [3.05, 3.63) is 34.5 Å². The van der Waals surface area contributed by atoms with Gasteiger partial charge >= 0.3 is 0 Å². The molecular weight excluding hydrogens is 221 g/mol. The van der Waals surface area contributed by atoms with Gasteiger partial charge in [0, 0.05) is 15.9 Å². The van der Waals surface area contributed by atoms with Crippen LogP contribution in [0.3, 0.4) is 0 Å². The van der Waals surface area contributed by atoms with Gasteiger partial charge in [0.25, 0.3) is 5.24 Å². The minimum absolute atomic E-state index is 0.395. The van der Waals surface area contributed by atoms with Gasteiger partial charge in [-0.05, 0) is 42.3 Å². The molecule has 1 aromatic heterocycles. The third-order valence-corrected chi connectivity index (χ3v) is 2.52. The van der Waals surface area contributed by atoms with Gasteiger partial charge in [0.05, 0.1) is 5.69 Å². The van der Waals surface area contributed by atoms with E-state index in [4.69, 9.17) is 23.2 Å². The molecule has 0 amide bonds. The number of nitrogens with one attached hydrogen (secondary N) is 1. The Morgan fingerprint density at radius 1 is 1.36 bits per heavy atom. The molecule has 2 nitrogen and oxygen atoms in total.